The van der Waals surface area contributed by atoms with Gasteiger partial charge in [0.2, 0.25) is 10.0 Å². The summed E-state index contributed by atoms with van der Waals surface area (Å²) in [5.74, 6) is -2.52. The van der Waals surface area contributed by atoms with Crippen LogP contribution in [0.5, 0.6) is 0 Å². The average molecular weight is 416 g/mol. The van der Waals surface area contributed by atoms with Crippen LogP contribution in [0.2, 0.25) is 0 Å². The summed E-state index contributed by atoms with van der Waals surface area (Å²) in [7, 11) is -3.88. The first-order valence-corrected chi connectivity index (χ1v) is 10.6. The second kappa shape index (κ2) is 10.5. The van der Waals surface area contributed by atoms with Gasteiger partial charge in [-0.05, 0) is 24.6 Å². The summed E-state index contributed by atoms with van der Waals surface area (Å²) in [4.78, 5) is 23.6. The van der Waals surface area contributed by atoms with Crippen LogP contribution in [0.1, 0.15) is 36.5 Å². The predicted molar refractivity (Wildman–Crippen MR) is 98.8 cm³/mol. The number of morpholine rings is 1. The fourth-order valence-corrected chi connectivity index (χ4v) is 4.05. The van der Waals surface area contributed by atoms with Gasteiger partial charge in [0.1, 0.15) is 5.82 Å². The number of unbranched alkanes of at least 4 members (excludes halogenated alkanes) is 2. The Balaban J connectivity index is 2.02. The SMILES string of the molecule is CCCCCNC(=O)COC(=O)c1cc(S(=O)(=O)N2CCOCC2)ccc1F. The van der Waals surface area contributed by atoms with Gasteiger partial charge >= 0.3 is 5.97 Å². The summed E-state index contributed by atoms with van der Waals surface area (Å²) >= 11 is 0. The molecular formula is C18H25FN2O6S. The van der Waals surface area contributed by atoms with Crippen molar-refractivity contribution in [2.45, 2.75) is 31.1 Å². The van der Waals surface area contributed by atoms with Gasteiger partial charge in [-0.15, -0.1) is 0 Å². The van der Waals surface area contributed by atoms with E-state index in [2.05, 4.69) is 5.32 Å². The fourth-order valence-electron chi connectivity index (χ4n) is 2.62. The van der Waals surface area contributed by atoms with E-state index >= 15 is 0 Å². The van der Waals surface area contributed by atoms with Crippen LogP contribution in [0, 0.1) is 5.82 Å². The van der Waals surface area contributed by atoms with E-state index in [0.717, 1.165) is 37.5 Å². The molecule has 1 aliphatic rings. The van der Waals surface area contributed by atoms with Crippen LogP contribution in [-0.4, -0.2) is 64.1 Å². The molecule has 156 valence electrons. The van der Waals surface area contributed by atoms with Crippen LogP contribution in [0.15, 0.2) is 23.1 Å². The highest BCUT2D eigenvalue weighted by Gasteiger charge is 2.28. The molecule has 1 aromatic carbocycles. The molecule has 0 aliphatic carbocycles. The van der Waals surface area contributed by atoms with Gasteiger partial charge < -0.3 is 14.8 Å². The zero-order valence-electron chi connectivity index (χ0n) is 15.8. The predicted octanol–water partition coefficient (Wildman–Crippen LogP) is 1.31. The standard InChI is InChI=1S/C18H25FN2O6S/c1-2-3-4-7-20-17(22)13-27-18(23)15-12-14(5-6-16(15)19)28(24,25)21-8-10-26-11-9-21/h5-6,12H,2-4,7-11,13H2,1H3,(H,20,22). The maximum atomic E-state index is 14.0. The zero-order chi connectivity index (χ0) is 20.6. The highest BCUT2D eigenvalue weighted by molar-refractivity contribution is 7.89. The molecule has 1 saturated heterocycles. The van der Waals surface area contributed by atoms with Crippen LogP contribution in [-0.2, 0) is 24.3 Å². The highest BCUT2D eigenvalue weighted by atomic mass is 32.2. The lowest BCUT2D eigenvalue weighted by Gasteiger charge is -2.26. The Hall–Kier alpha value is -2.04. The molecule has 0 bridgehead atoms. The Morgan fingerprint density at radius 1 is 1.25 bits per heavy atom. The van der Waals surface area contributed by atoms with Gasteiger partial charge in [0, 0.05) is 19.6 Å². The monoisotopic (exact) mass is 416 g/mol. The average Bonchev–Trinajstić information content (AvgIpc) is 2.70. The Morgan fingerprint density at radius 3 is 2.64 bits per heavy atom. The molecule has 0 unspecified atom stereocenters. The fraction of sp³-hybridized carbons (Fsp3) is 0.556. The topological polar surface area (TPSA) is 102 Å². The molecule has 1 heterocycles. The number of nitrogens with one attached hydrogen (secondary N) is 1. The molecule has 1 aliphatic heterocycles. The number of amides is 1. The minimum absolute atomic E-state index is 0.178. The first kappa shape index (κ1) is 22.3. The molecule has 1 fully saturated rings. The molecular weight excluding hydrogens is 391 g/mol. The number of hydrogen-bond donors (Lipinski definition) is 1. The number of carbonyl (C=O) groups is 2. The maximum Gasteiger partial charge on any atom is 0.341 e. The molecule has 10 heteroatoms. The maximum absolute atomic E-state index is 14.0. The van der Waals surface area contributed by atoms with E-state index in [0.29, 0.717) is 6.54 Å². The van der Waals surface area contributed by atoms with Crippen molar-refractivity contribution < 1.29 is 31.9 Å². The largest absolute Gasteiger partial charge is 0.452 e. The number of ether oxygens (including phenoxy) is 2. The van der Waals surface area contributed by atoms with E-state index in [9.17, 15) is 22.4 Å². The number of rotatable bonds is 9. The van der Waals surface area contributed by atoms with Crippen molar-refractivity contribution in [1.82, 2.24) is 9.62 Å². The molecule has 0 aromatic heterocycles. The normalized spacial score (nSPS) is 15.2. The van der Waals surface area contributed by atoms with Gasteiger partial charge in [0.05, 0.1) is 23.7 Å². The highest BCUT2D eigenvalue weighted by Crippen LogP contribution is 2.20. The van der Waals surface area contributed by atoms with Crippen molar-refractivity contribution in [1.29, 1.82) is 0 Å². The summed E-state index contributed by atoms with van der Waals surface area (Å²) in [5.41, 5.74) is -0.534. The third kappa shape index (κ3) is 5.98. The van der Waals surface area contributed by atoms with Crippen molar-refractivity contribution in [3.63, 3.8) is 0 Å². The van der Waals surface area contributed by atoms with E-state index in [1.165, 1.54) is 4.31 Å². The summed E-state index contributed by atoms with van der Waals surface area (Å²) in [6, 6.07) is 2.92. The number of hydrogen-bond acceptors (Lipinski definition) is 6. The minimum Gasteiger partial charge on any atom is -0.452 e. The van der Waals surface area contributed by atoms with Gasteiger partial charge in [-0.2, -0.15) is 4.31 Å². The van der Waals surface area contributed by atoms with Gasteiger partial charge in [0.25, 0.3) is 5.91 Å². The smallest absolute Gasteiger partial charge is 0.341 e. The van der Waals surface area contributed by atoms with E-state index in [-0.39, 0.29) is 31.2 Å². The lowest BCUT2D eigenvalue weighted by molar-refractivity contribution is -0.124. The molecule has 1 amide bonds. The molecule has 1 aromatic rings. The van der Waals surface area contributed by atoms with Gasteiger partial charge in [-0.1, -0.05) is 19.8 Å². The molecule has 1 N–H and O–H groups in total. The number of nitrogens with zero attached hydrogens (tertiary/aromatic N) is 1. The Labute approximate surface area is 164 Å². The van der Waals surface area contributed by atoms with Gasteiger partial charge in [0.15, 0.2) is 6.61 Å². The minimum atomic E-state index is -3.88. The van der Waals surface area contributed by atoms with Crippen molar-refractivity contribution in [3.05, 3.63) is 29.6 Å². The third-order valence-electron chi connectivity index (χ3n) is 4.20. The first-order valence-electron chi connectivity index (χ1n) is 9.17. The number of sulfonamides is 1. The first-order chi connectivity index (χ1) is 13.4. The molecule has 0 atom stereocenters. The van der Waals surface area contributed by atoms with E-state index < -0.39 is 39.9 Å². The van der Waals surface area contributed by atoms with Crippen molar-refractivity contribution in [3.8, 4) is 0 Å². The second-order valence-corrected chi connectivity index (χ2v) is 8.23. The summed E-state index contributed by atoms with van der Waals surface area (Å²) in [6.45, 7) is 2.82. The van der Waals surface area contributed by atoms with Crippen LogP contribution < -0.4 is 5.32 Å². The van der Waals surface area contributed by atoms with E-state index in [1.807, 2.05) is 6.92 Å². The lowest BCUT2D eigenvalue weighted by atomic mass is 10.2. The third-order valence-corrected chi connectivity index (χ3v) is 6.10. The molecule has 0 radical (unpaired) electrons. The van der Waals surface area contributed by atoms with Crippen molar-refractivity contribution in [2.75, 3.05) is 39.5 Å². The van der Waals surface area contributed by atoms with E-state index in [1.54, 1.807) is 0 Å². The Kier molecular flexibility index (Phi) is 8.34. The molecule has 8 nitrogen and oxygen atoms in total. The summed E-state index contributed by atoms with van der Waals surface area (Å²) in [6.07, 6.45) is 2.79. The summed E-state index contributed by atoms with van der Waals surface area (Å²) in [5, 5.41) is 2.59. The van der Waals surface area contributed by atoms with Crippen molar-refractivity contribution in [2.24, 2.45) is 0 Å². The quantitative estimate of drug-likeness (QED) is 0.481. The summed E-state index contributed by atoms with van der Waals surface area (Å²) < 4.78 is 50.5. The molecule has 0 saturated carbocycles. The van der Waals surface area contributed by atoms with Crippen molar-refractivity contribution >= 4 is 21.9 Å². The molecule has 2 rings (SSSR count). The van der Waals surface area contributed by atoms with E-state index in [4.69, 9.17) is 9.47 Å². The number of carbonyl (C=O) groups excluding carboxylic acids is 2. The van der Waals surface area contributed by atoms with Crippen LogP contribution in [0.25, 0.3) is 0 Å². The van der Waals surface area contributed by atoms with Crippen LogP contribution in [0.3, 0.4) is 0 Å². The Morgan fingerprint density at radius 2 is 1.96 bits per heavy atom. The van der Waals surface area contributed by atoms with Gasteiger partial charge in [-0.25, -0.2) is 17.6 Å². The van der Waals surface area contributed by atoms with Crippen LogP contribution >= 0.6 is 0 Å². The number of halogens is 1. The molecule has 0 spiro atoms. The number of esters is 1. The molecule has 28 heavy (non-hydrogen) atoms. The number of benzene rings is 1. The Bertz CT molecular complexity index is 793. The lowest BCUT2D eigenvalue weighted by Crippen LogP contribution is -2.40. The van der Waals surface area contributed by atoms with Gasteiger partial charge in [-0.3, -0.25) is 4.79 Å². The second-order valence-electron chi connectivity index (χ2n) is 6.29. The zero-order valence-corrected chi connectivity index (χ0v) is 16.6. The van der Waals surface area contributed by atoms with Crippen LogP contribution in [0.4, 0.5) is 4.39 Å².